The van der Waals surface area contributed by atoms with Gasteiger partial charge in [-0.2, -0.15) is 0 Å². The van der Waals surface area contributed by atoms with Crippen LogP contribution in [-0.2, 0) is 4.74 Å². The molecule has 0 N–H and O–H groups in total. The summed E-state index contributed by atoms with van der Waals surface area (Å²) >= 11 is 0. The lowest BCUT2D eigenvalue weighted by Gasteiger charge is -2.33. The Labute approximate surface area is 152 Å². The molecular formula is C20H22N2O4. The van der Waals surface area contributed by atoms with Gasteiger partial charge in [0.15, 0.2) is 0 Å². The van der Waals surface area contributed by atoms with Gasteiger partial charge in [0.25, 0.3) is 5.91 Å². The second kappa shape index (κ2) is 7.91. The number of benzene rings is 2. The highest BCUT2D eigenvalue weighted by Gasteiger charge is 2.25. The van der Waals surface area contributed by atoms with Crippen molar-refractivity contribution in [3.05, 3.63) is 54.1 Å². The van der Waals surface area contributed by atoms with Gasteiger partial charge in [-0.3, -0.25) is 4.79 Å². The second-order valence-corrected chi connectivity index (χ2v) is 6.03. The summed E-state index contributed by atoms with van der Waals surface area (Å²) in [6.07, 6.45) is -0.352. The number of hydrogen-bond acceptors (Lipinski definition) is 4. The van der Waals surface area contributed by atoms with Crippen molar-refractivity contribution in [1.29, 1.82) is 0 Å². The fraction of sp³-hybridized carbons (Fsp3) is 0.300. The van der Waals surface area contributed by atoms with Gasteiger partial charge in [0, 0.05) is 37.3 Å². The van der Waals surface area contributed by atoms with Crippen LogP contribution in [0.15, 0.2) is 48.5 Å². The third-order valence-corrected chi connectivity index (χ3v) is 4.53. The summed E-state index contributed by atoms with van der Waals surface area (Å²) < 4.78 is 10.1. The lowest BCUT2D eigenvalue weighted by Crippen LogP contribution is -2.50. The van der Waals surface area contributed by atoms with Crippen LogP contribution in [0.3, 0.4) is 0 Å². The van der Waals surface area contributed by atoms with E-state index in [1.807, 2.05) is 48.5 Å². The molecule has 6 nitrogen and oxygen atoms in total. The number of hydrogen-bond donors (Lipinski definition) is 0. The van der Waals surface area contributed by atoms with E-state index in [9.17, 15) is 9.59 Å². The predicted octanol–water partition coefficient (Wildman–Crippen LogP) is 2.89. The lowest BCUT2D eigenvalue weighted by molar-refractivity contribution is 0.0600. The molecule has 0 aliphatic carbocycles. The van der Waals surface area contributed by atoms with Crippen LogP contribution in [-0.4, -0.2) is 62.2 Å². The molecule has 1 aliphatic rings. The Bertz CT molecular complexity index is 798. The van der Waals surface area contributed by atoms with Crippen LogP contribution < -0.4 is 4.74 Å². The van der Waals surface area contributed by atoms with E-state index in [-0.39, 0.29) is 12.0 Å². The first-order valence-electron chi connectivity index (χ1n) is 8.49. The number of piperazine rings is 1. The zero-order valence-corrected chi connectivity index (χ0v) is 15.0. The summed E-state index contributed by atoms with van der Waals surface area (Å²) in [5.74, 6) is 0.732. The highest BCUT2D eigenvalue weighted by Crippen LogP contribution is 2.30. The van der Waals surface area contributed by atoms with Crippen molar-refractivity contribution in [1.82, 2.24) is 9.80 Å². The molecule has 1 saturated heterocycles. The maximum absolute atomic E-state index is 12.8. The first kappa shape index (κ1) is 17.8. The Hall–Kier alpha value is -3.02. The zero-order valence-electron chi connectivity index (χ0n) is 15.0. The molecule has 26 heavy (non-hydrogen) atoms. The molecule has 0 saturated carbocycles. The number of amides is 2. The number of para-hydroxylation sites is 1. The first-order valence-corrected chi connectivity index (χ1v) is 8.49. The molecule has 0 spiro atoms. The van der Waals surface area contributed by atoms with Crippen molar-refractivity contribution in [2.24, 2.45) is 0 Å². The SMILES string of the molecule is COC(=O)N1CCN(C(=O)c2cccc(-c3ccccc3OC)c2)CC1. The zero-order chi connectivity index (χ0) is 18.5. The minimum atomic E-state index is -0.352. The Kier molecular flexibility index (Phi) is 5.41. The van der Waals surface area contributed by atoms with Gasteiger partial charge in [-0.25, -0.2) is 4.79 Å². The van der Waals surface area contributed by atoms with Gasteiger partial charge in [0.1, 0.15) is 5.75 Å². The van der Waals surface area contributed by atoms with E-state index < -0.39 is 0 Å². The average Bonchev–Trinajstić information content (AvgIpc) is 2.72. The summed E-state index contributed by atoms with van der Waals surface area (Å²) in [6, 6.07) is 15.3. The molecule has 0 radical (unpaired) electrons. The van der Waals surface area contributed by atoms with Crippen LogP contribution in [0.2, 0.25) is 0 Å². The Morgan fingerprint density at radius 2 is 1.58 bits per heavy atom. The molecule has 2 aromatic carbocycles. The van der Waals surface area contributed by atoms with Crippen molar-refractivity contribution < 1.29 is 19.1 Å². The molecule has 0 aromatic heterocycles. The maximum atomic E-state index is 12.8. The minimum absolute atomic E-state index is 0.0359. The smallest absolute Gasteiger partial charge is 0.409 e. The summed E-state index contributed by atoms with van der Waals surface area (Å²) in [4.78, 5) is 27.8. The van der Waals surface area contributed by atoms with Crippen LogP contribution in [0, 0.1) is 0 Å². The molecule has 3 rings (SSSR count). The van der Waals surface area contributed by atoms with Gasteiger partial charge in [0.05, 0.1) is 14.2 Å². The molecule has 1 heterocycles. The maximum Gasteiger partial charge on any atom is 0.409 e. The molecule has 2 amide bonds. The second-order valence-electron chi connectivity index (χ2n) is 6.03. The van der Waals surface area contributed by atoms with Gasteiger partial charge < -0.3 is 19.3 Å². The summed E-state index contributed by atoms with van der Waals surface area (Å²) in [6.45, 7) is 1.94. The summed E-state index contributed by atoms with van der Waals surface area (Å²) in [5, 5.41) is 0. The van der Waals surface area contributed by atoms with Gasteiger partial charge in [-0.1, -0.05) is 30.3 Å². The molecule has 0 bridgehead atoms. The number of rotatable bonds is 3. The predicted molar refractivity (Wildman–Crippen MR) is 98.3 cm³/mol. The third-order valence-electron chi connectivity index (χ3n) is 4.53. The van der Waals surface area contributed by atoms with Crippen molar-refractivity contribution in [2.45, 2.75) is 0 Å². The monoisotopic (exact) mass is 354 g/mol. The Balaban J connectivity index is 1.76. The van der Waals surface area contributed by atoms with Crippen molar-refractivity contribution >= 4 is 12.0 Å². The number of methoxy groups -OCH3 is 2. The fourth-order valence-corrected chi connectivity index (χ4v) is 3.11. The largest absolute Gasteiger partial charge is 0.496 e. The van der Waals surface area contributed by atoms with E-state index >= 15 is 0 Å². The van der Waals surface area contributed by atoms with Crippen LogP contribution in [0.1, 0.15) is 10.4 Å². The van der Waals surface area contributed by atoms with E-state index in [4.69, 9.17) is 9.47 Å². The van der Waals surface area contributed by atoms with Crippen LogP contribution in [0.5, 0.6) is 5.75 Å². The molecule has 0 atom stereocenters. The summed E-state index contributed by atoms with van der Waals surface area (Å²) in [5.41, 5.74) is 2.50. The number of carbonyl (C=O) groups excluding carboxylic acids is 2. The molecule has 136 valence electrons. The van der Waals surface area contributed by atoms with E-state index in [1.165, 1.54) is 7.11 Å². The molecule has 1 fully saturated rings. The highest BCUT2D eigenvalue weighted by molar-refractivity contribution is 5.95. The lowest BCUT2D eigenvalue weighted by atomic mass is 10.0. The fourth-order valence-electron chi connectivity index (χ4n) is 3.11. The minimum Gasteiger partial charge on any atom is -0.496 e. The molecular weight excluding hydrogens is 332 g/mol. The van der Waals surface area contributed by atoms with Gasteiger partial charge in [-0.05, 0) is 23.8 Å². The highest BCUT2D eigenvalue weighted by atomic mass is 16.5. The van der Waals surface area contributed by atoms with E-state index in [1.54, 1.807) is 16.9 Å². The van der Waals surface area contributed by atoms with Gasteiger partial charge in [-0.15, -0.1) is 0 Å². The topological polar surface area (TPSA) is 59.1 Å². The third kappa shape index (κ3) is 3.64. The number of ether oxygens (including phenoxy) is 2. The number of carbonyl (C=O) groups is 2. The first-order chi connectivity index (χ1) is 12.6. The quantitative estimate of drug-likeness (QED) is 0.850. The van der Waals surface area contributed by atoms with Gasteiger partial charge >= 0.3 is 6.09 Å². The van der Waals surface area contributed by atoms with Crippen molar-refractivity contribution in [3.63, 3.8) is 0 Å². The van der Waals surface area contributed by atoms with Crippen molar-refractivity contribution in [3.8, 4) is 16.9 Å². The molecule has 6 heteroatoms. The summed E-state index contributed by atoms with van der Waals surface area (Å²) in [7, 11) is 3.00. The van der Waals surface area contributed by atoms with Crippen LogP contribution in [0.25, 0.3) is 11.1 Å². The molecule has 2 aromatic rings. The van der Waals surface area contributed by atoms with Gasteiger partial charge in [0.2, 0.25) is 0 Å². The standard InChI is InChI=1S/C20H22N2O4/c1-25-18-9-4-3-8-17(18)15-6-5-7-16(14-15)19(23)21-10-12-22(13-11-21)20(24)26-2/h3-9,14H,10-13H2,1-2H3. The van der Waals surface area contributed by atoms with Crippen molar-refractivity contribution in [2.75, 3.05) is 40.4 Å². The van der Waals surface area contributed by atoms with Crippen LogP contribution in [0.4, 0.5) is 4.79 Å². The van der Waals surface area contributed by atoms with E-state index in [2.05, 4.69) is 0 Å². The normalized spacial score (nSPS) is 14.1. The van der Waals surface area contributed by atoms with E-state index in [0.29, 0.717) is 31.7 Å². The van der Waals surface area contributed by atoms with E-state index in [0.717, 1.165) is 16.9 Å². The van der Waals surface area contributed by atoms with Crippen LogP contribution >= 0.6 is 0 Å². The number of nitrogens with zero attached hydrogens (tertiary/aromatic N) is 2. The molecule has 0 unspecified atom stereocenters. The molecule has 1 aliphatic heterocycles. The Morgan fingerprint density at radius 3 is 2.27 bits per heavy atom. The Morgan fingerprint density at radius 1 is 0.885 bits per heavy atom. The average molecular weight is 354 g/mol.